The van der Waals surface area contributed by atoms with Gasteiger partial charge in [0.2, 0.25) is 5.89 Å². The Hall–Kier alpha value is -2.84. The van der Waals surface area contributed by atoms with Gasteiger partial charge in [-0.1, -0.05) is 22.0 Å². The summed E-state index contributed by atoms with van der Waals surface area (Å²) < 4.78 is 18.5. The van der Waals surface area contributed by atoms with Crippen LogP contribution < -0.4 is 14.8 Å². The zero-order valence-corrected chi connectivity index (χ0v) is 19.9. The van der Waals surface area contributed by atoms with Crippen molar-refractivity contribution in [1.82, 2.24) is 4.98 Å². The van der Waals surface area contributed by atoms with Crippen LogP contribution in [0.4, 0.5) is 5.69 Å². The molecule has 4 aromatic rings. The summed E-state index contributed by atoms with van der Waals surface area (Å²) in [7, 11) is 1.61. The highest BCUT2D eigenvalue weighted by atomic mass is 79.9. The van der Waals surface area contributed by atoms with Crippen molar-refractivity contribution in [2.24, 2.45) is 0 Å². The molecule has 6 nitrogen and oxygen atoms in total. The second-order valence-corrected chi connectivity index (χ2v) is 8.57. The average Bonchev–Trinajstić information content (AvgIpc) is 3.16. The number of nitrogens with zero attached hydrogens (tertiary/aromatic N) is 1. The van der Waals surface area contributed by atoms with E-state index in [1.165, 1.54) is 0 Å². The lowest BCUT2D eigenvalue weighted by molar-refractivity contribution is -0.118. The van der Waals surface area contributed by atoms with Crippen molar-refractivity contribution in [2.45, 2.75) is 6.92 Å². The fraction of sp³-hybridized carbons (Fsp3) is 0.130. The standard InChI is InChI=1S/C23H18Br2N2O4/c1-13-8-15(24)10-18(25)22(13)30-12-21(28)26-16-6-7-20-19(11-16)27-23(31-20)14-4-3-5-17(9-14)29-2/h3-11H,12H2,1-2H3,(H,26,28). The second kappa shape index (κ2) is 9.11. The van der Waals surface area contributed by atoms with Crippen LogP contribution in [0.3, 0.4) is 0 Å². The molecule has 4 rings (SSSR count). The van der Waals surface area contributed by atoms with E-state index in [0.29, 0.717) is 28.4 Å². The maximum atomic E-state index is 12.4. The molecule has 0 fully saturated rings. The molecule has 0 aliphatic rings. The third kappa shape index (κ3) is 4.91. The number of fused-ring (bicyclic) bond motifs is 1. The quantitative estimate of drug-likeness (QED) is 0.305. The number of methoxy groups -OCH3 is 1. The predicted molar refractivity (Wildman–Crippen MR) is 127 cm³/mol. The van der Waals surface area contributed by atoms with E-state index in [2.05, 4.69) is 42.2 Å². The fourth-order valence-electron chi connectivity index (χ4n) is 3.09. The normalized spacial score (nSPS) is 10.8. The number of nitrogens with one attached hydrogen (secondary N) is 1. The van der Waals surface area contributed by atoms with Crippen LogP contribution in [0.1, 0.15) is 5.56 Å². The lowest BCUT2D eigenvalue weighted by Crippen LogP contribution is -2.20. The number of oxazole rings is 1. The van der Waals surface area contributed by atoms with Crippen molar-refractivity contribution >= 4 is 54.6 Å². The van der Waals surface area contributed by atoms with E-state index < -0.39 is 0 Å². The van der Waals surface area contributed by atoms with Gasteiger partial charge in [-0.15, -0.1) is 0 Å². The summed E-state index contributed by atoms with van der Waals surface area (Å²) in [5.41, 5.74) is 3.61. The van der Waals surface area contributed by atoms with E-state index >= 15 is 0 Å². The molecule has 0 radical (unpaired) electrons. The van der Waals surface area contributed by atoms with E-state index in [4.69, 9.17) is 13.9 Å². The first-order chi connectivity index (χ1) is 14.9. The summed E-state index contributed by atoms with van der Waals surface area (Å²) >= 11 is 6.89. The van der Waals surface area contributed by atoms with Crippen LogP contribution in [0, 0.1) is 6.92 Å². The Labute approximate surface area is 195 Å². The van der Waals surface area contributed by atoms with Crippen molar-refractivity contribution in [1.29, 1.82) is 0 Å². The zero-order chi connectivity index (χ0) is 22.0. The number of aromatic nitrogens is 1. The number of halogens is 2. The van der Waals surface area contributed by atoms with Crippen molar-refractivity contribution in [3.05, 3.63) is 69.1 Å². The lowest BCUT2D eigenvalue weighted by Gasteiger charge is -2.12. The van der Waals surface area contributed by atoms with Gasteiger partial charge < -0.3 is 19.2 Å². The molecule has 0 saturated carbocycles. The van der Waals surface area contributed by atoms with Crippen LogP contribution in [0.2, 0.25) is 0 Å². The van der Waals surface area contributed by atoms with Crippen LogP contribution in [0.5, 0.6) is 11.5 Å². The molecule has 158 valence electrons. The number of ether oxygens (including phenoxy) is 2. The minimum Gasteiger partial charge on any atom is -0.497 e. The first-order valence-corrected chi connectivity index (χ1v) is 10.9. The van der Waals surface area contributed by atoms with Gasteiger partial charge in [0.05, 0.1) is 11.6 Å². The number of rotatable bonds is 6. The second-order valence-electron chi connectivity index (χ2n) is 6.80. The van der Waals surface area contributed by atoms with Gasteiger partial charge in [-0.25, -0.2) is 4.98 Å². The molecule has 1 heterocycles. The molecule has 31 heavy (non-hydrogen) atoms. The molecule has 0 unspecified atom stereocenters. The number of carbonyl (C=O) groups excluding carboxylic acids is 1. The Balaban J connectivity index is 1.47. The van der Waals surface area contributed by atoms with E-state index in [1.54, 1.807) is 25.3 Å². The summed E-state index contributed by atoms with van der Waals surface area (Å²) in [6.45, 7) is 1.80. The molecule has 3 aromatic carbocycles. The van der Waals surface area contributed by atoms with E-state index in [1.807, 2.05) is 43.3 Å². The minimum atomic E-state index is -0.273. The smallest absolute Gasteiger partial charge is 0.262 e. The first kappa shape index (κ1) is 21.4. The zero-order valence-electron chi connectivity index (χ0n) is 16.7. The highest BCUT2D eigenvalue weighted by Crippen LogP contribution is 2.32. The topological polar surface area (TPSA) is 73.6 Å². The molecule has 0 aliphatic carbocycles. The molecule has 0 saturated heterocycles. The van der Waals surface area contributed by atoms with Crippen molar-refractivity contribution in [3.8, 4) is 23.0 Å². The molecular formula is C23H18Br2N2O4. The molecular weight excluding hydrogens is 528 g/mol. The summed E-state index contributed by atoms with van der Waals surface area (Å²) in [4.78, 5) is 16.9. The third-order valence-corrected chi connectivity index (χ3v) is 5.58. The Morgan fingerprint density at radius 3 is 2.74 bits per heavy atom. The highest BCUT2D eigenvalue weighted by molar-refractivity contribution is 9.11. The third-order valence-electron chi connectivity index (χ3n) is 4.53. The Bertz CT molecular complexity index is 1250. The lowest BCUT2D eigenvalue weighted by atomic mass is 10.2. The molecule has 0 aliphatic heterocycles. The number of anilines is 1. The SMILES string of the molecule is COc1cccc(-c2nc3cc(NC(=O)COc4c(C)cc(Br)cc4Br)ccc3o2)c1. The van der Waals surface area contributed by atoms with E-state index in [0.717, 1.165) is 25.8 Å². The summed E-state index contributed by atoms with van der Waals surface area (Å²) in [5.74, 6) is 1.56. The summed E-state index contributed by atoms with van der Waals surface area (Å²) in [6.07, 6.45) is 0. The number of amides is 1. The van der Waals surface area contributed by atoms with Gasteiger partial charge >= 0.3 is 0 Å². The van der Waals surface area contributed by atoms with Gasteiger partial charge in [0.1, 0.15) is 17.0 Å². The van der Waals surface area contributed by atoms with Crippen LogP contribution in [-0.2, 0) is 4.79 Å². The van der Waals surface area contributed by atoms with Crippen LogP contribution in [-0.4, -0.2) is 24.6 Å². The number of carbonyl (C=O) groups is 1. The number of hydrogen-bond donors (Lipinski definition) is 1. The van der Waals surface area contributed by atoms with Gasteiger partial charge in [0.15, 0.2) is 12.2 Å². The number of hydrogen-bond acceptors (Lipinski definition) is 5. The summed E-state index contributed by atoms with van der Waals surface area (Å²) in [5, 5.41) is 2.83. The van der Waals surface area contributed by atoms with E-state index in [9.17, 15) is 4.79 Å². The van der Waals surface area contributed by atoms with Crippen molar-refractivity contribution < 1.29 is 18.7 Å². The van der Waals surface area contributed by atoms with E-state index in [-0.39, 0.29) is 12.5 Å². The number of aryl methyl sites for hydroxylation is 1. The maximum absolute atomic E-state index is 12.4. The van der Waals surface area contributed by atoms with Gasteiger partial charge in [-0.2, -0.15) is 0 Å². The largest absolute Gasteiger partial charge is 0.497 e. The Morgan fingerprint density at radius 1 is 1.13 bits per heavy atom. The first-order valence-electron chi connectivity index (χ1n) is 9.36. The Kier molecular flexibility index (Phi) is 6.29. The van der Waals surface area contributed by atoms with Gasteiger partial charge in [-0.05, 0) is 76.9 Å². The van der Waals surface area contributed by atoms with Crippen molar-refractivity contribution in [3.63, 3.8) is 0 Å². The monoisotopic (exact) mass is 544 g/mol. The molecule has 0 atom stereocenters. The Morgan fingerprint density at radius 2 is 1.97 bits per heavy atom. The average molecular weight is 546 g/mol. The van der Waals surface area contributed by atoms with Crippen LogP contribution in [0.15, 0.2) is 68.0 Å². The van der Waals surface area contributed by atoms with Gasteiger partial charge in [0.25, 0.3) is 5.91 Å². The minimum absolute atomic E-state index is 0.118. The fourth-order valence-corrected chi connectivity index (χ4v) is 4.64. The highest BCUT2D eigenvalue weighted by Gasteiger charge is 2.13. The predicted octanol–water partition coefficient (Wildman–Crippen LogP) is 6.35. The maximum Gasteiger partial charge on any atom is 0.262 e. The molecule has 1 N–H and O–H groups in total. The molecule has 8 heteroatoms. The number of benzene rings is 3. The van der Waals surface area contributed by atoms with Crippen molar-refractivity contribution in [2.75, 3.05) is 19.0 Å². The van der Waals surface area contributed by atoms with Crippen LogP contribution >= 0.6 is 31.9 Å². The summed E-state index contributed by atoms with van der Waals surface area (Å²) in [6, 6.07) is 16.6. The molecule has 1 amide bonds. The molecule has 0 spiro atoms. The molecule has 0 bridgehead atoms. The van der Waals surface area contributed by atoms with Gasteiger partial charge in [-0.3, -0.25) is 4.79 Å². The van der Waals surface area contributed by atoms with Crippen LogP contribution in [0.25, 0.3) is 22.6 Å². The van der Waals surface area contributed by atoms with Gasteiger partial charge in [0, 0.05) is 15.7 Å². The molecule has 1 aromatic heterocycles.